The number of nitro benzene ring substituents is 1. The molecule has 0 unspecified atom stereocenters. The van der Waals surface area contributed by atoms with Gasteiger partial charge in [-0.1, -0.05) is 12.1 Å². The maximum absolute atomic E-state index is 12.0. The van der Waals surface area contributed by atoms with Crippen molar-refractivity contribution < 1.29 is 14.5 Å². The van der Waals surface area contributed by atoms with E-state index in [1.807, 2.05) is 0 Å². The van der Waals surface area contributed by atoms with E-state index in [0.717, 1.165) is 0 Å². The lowest BCUT2D eigenvalue weighted by Gasteiger charge is -2.02. The van der Waals surface area contributed by atoms with Crippen LogP contribution in [0.5, 0.6) is 0 Å². The number of para-hydroxylation sites is 1. The van der Waals surface area contributed by atoms with Crippen molar-refractivity contribution >= 4 is 17.3 Å². The molecule has 0 spiro atoms. The second-order valence-corrected chi connectivity index (χ2v) is 4.04. The highest BCUT2D eigenvalue weighted by Crippen LogP contribution is 2.20. The largest absolute Gasteiger partial charge is 0.294 e. The average Bonchev–Trinajstić information content (AvgIpc) is 2.48. The van der Waals surface area contributed by atoms with Crippen LogP contribution in [-0.4, -0.2) is 21.5 Å². The lowest BCUT2D eigenvalue weighted by atomic mass is 10.0. The molecule has 0 bridgehead atoms. The van der Waals surface area contributed by atoms with Crippen molar-refractivity contribution in [1.29, 1.82) is 0 Å². The minimum absolute atomic E-state index is 0.0604. The maximum Gasteiger partial charge on any atom is 0.280 e. The van der Waals surface area contributed by atoms with Gasteiger partial charge < -0.3 is 0 Å². The van der Waals surface area contributed by atoms with Gasteiger partial charge in [0.2, 0.25) is 0 Å². The number of Topliss-reactive ketones (excluding diaryl/α,β-unsaturated/α-hetero) is 2. The summed E-state index contributed by atoms with van der Waals surface area (Å²) in [6.07, 6.45) is 2.45. The Balaban J connectivity index is 2.21. The summed E-state index contributed by atoms with van der Waals surface area (Å²) in [5.41, 5.74) is -0.0503. The predicted molar refractivity (Wildman–Crippen MR) is 70.6 cm³/mol. The van der Waals surface area contributed by atoms with Gasteiger partial charge in [0.15, 0.2) is 11.6 Å². The monoisotopic (exact) mass is 270 g/mol. The number of nitrogens with zero attached hydrogens (tertiary/aromatic N) is 2. The Hall–Kier alpha value is -2.89. The zero-order valence-corrected chi connectivity index (χ0v) is 10.4. The molecule has 0 aliphatic carbocycles. The van der Waals surface area contributed by atoms with E-state index < -0.39 is 22.9 Å². The smallest absolute Gasteiger partial charge is 0.280 e. The second kappa shape index (κ2) is 5.83. The first-order chi connectivity index (χ1) is 9.59. The topological polar surface area (TPSA) is 90.2 Å². The van der Waals surface area contributed by atoms with Crippen molar-refractivity contribution in [2.24, 2.45) is 0 Å². The van der Waals surface area contributed by atoms with Crippen LogP contribution in [0.1, 0.15) is 27.1 Å². The van der Waals surface area contributed by atoms with E-state index in [-0.39, 0.29) is 11.3 Å². The molecule has 0 atom stereocenters. The van der Waals surface area contributed by atoms with Crippen LogP contribution in [0.2, 0.25) is 0 Å². The van der Waals surface area contributed by atoms with Crippen LogP contribution in [0.25, 0.3) is 0 Å². The highest BCUT2D eigenvalue weighted by atomic mass is 16.6. The molecule has 6 heteroatoms. The molecule has 0 amide bonds. The number of carbonyl (C=O) groups is 2. The molecule has 1 aromatic heterocycles. The molecule has 0 saturated heterocycles. The molecule has 20 heavy (non-hydrogen) atoms. The van der Waals surface area contributed by atoms with E-state index in [1.165, 1.54) is 36.7 Å². The Bertz CT molecular complexity index is 668. The van der Waals surface area contributed by atoms with Crippen LogP contribution in [-0.2, 0) is 0 Å². The van der Waals surface area contributed by atoms with Crippen molar-refractivity contribution in [2.75, 3.05) is 0 Å². The number of ketones is 2. The van der Waals surface area contributed by atoms with Gasteiger partial charge in [-0.2, -0.15) is 0 Å². The number of aromatic nitrogens is 1. The van der Waals surface area contributed by atoms with Crippen molar-refractivity contribution in [3.8, 4) is 0 Å². The molecule has 0 saturated carbocycles. The lowest BCUT2D eigenvalue weighted by Crippen LogP contribution is -2.10. The van der Waals surface area contributed by atoms with Crippen LogP contribution < -0.4 is 0 Å². The average molecular weight is 270 g/mol. The number of benzene rings is 1. The zero-order chi connectivity index (χ0) is 14.5. The van der Waals surface area contributed by atoms with E-state index in [2.05, 4.69) is 4.98 Å². The molecule has 0 radical (unpaired) electrons. The predicted octanol–water partition coefficient (Wildman–Crippen LogP) is 2.45. The van der Waals surface area contributed by atoms with Crippen LogP contribution in [0.4, 0.5) is 5.69 Å². The maximum atomic E-state index is 12.0. The van der Waals surface area contributed by atoms with E-state index in [0.29, 0.717) is 5.56 Å². The van der Waals surface area contributed by atoms with Gasteiger partial charge >= 0.3 is 0 Å². The quantitative estimate of drug-likeness (QED) is 0.360. The van der Waals surface area contributed by atoms with E-state index >= 15 is 0 Å². The first-order valence-corrected chi connectivity index (χ1v) is 5.79. The fourth-order valence-electron chi connectivity index (χ4n) is 1.74. The van der Waals surface area contributed by atoms with Gasteiger partial charge in [-0.15, -0.1) is 0 Å². The van der Waals surface area contributed by atoms with Crippen LogP contribution >= 0.6 is 0 Å². The summed E-state index contributed by atoms with van der Waals surface area (Å²) < 4.78 is 0. The summed E-state index contributed by atoms with van der Waals surface area (Å²) >= 11 is 0. The van der Waals surface area contributed by atoms with Crippen molar-refractivity contribution in [1.82, 2.24) is 4.98 Å². The molecule has 2 aromatic rings. The minimum Gasteiger partial charge on any atom is -0.294 e. The molecule has 0 N–H and O–H groups in total. The van der Waals surface area contributed by atoms with E-state index in [9.17, 15) is 19.7 Å². The highest BCUT2D eigenvalue weighted by Gasteiger charge is 2.21. The molecule has 0 fully saturated rings. The van der Waals surface area contributed by atoms with Crippen molar-refractivity contribution in [3.63, 3.8) is 0 Å². The van der Waals surface area contributed by atoms with Gasteiger partial charge in [0.1, 0.15) is 0 Å². The molecule has 6 nitrogen and oxygen atoms in total. The van der Waals surface area contributed by atoms with Gasteiger partial charge in [-0.05, 0) is 18.2 Å². The number of hydrogen-bond donors (Lipinski definition) is 0. The molecule has 100 valence electrons. The number of nitro groups is 1. The van der Waals surface area contributed by atoms with Crippen LogP contribution in [0.3, 0.4) is 0 Å². The number of pyridine rings is 1. The summed E-state index contributed by atoms with van der Waals surface area (Å²) in [6, 6.07) is 8.70. The molecule has 0 aliphatic heterocycles. The highest BCUT2D eigenvalue weighted by molar-refractivity contribution is 6.14. The van der Waals surface area contributed by atoms with E-state index in [1.54, 1.807) is 12.1 Å². The SMILES string of the molecule is O=C(CC(=O)c1ccccc1[N+](=O)[O-])c1cccnc1. The van der Waals surface area contributed by atoms with Crippen molar-refractivity contribution in [2.45, 2.75) is 6.42 Å². The fourth-order valence-corrected chi connectivity index (χ4v) is 1.74. The molecular formula is C14H10N2O4. The minimum atomic E-state index is -0.637. The summed E-state index contributed by atoms with van der Waals surface area (Å²) in [6.45, 7) is 0. The third-order valence-electron chi connectivity index (χ3n) is 2.71. The summed E-state index contributed by atoms with van der Waals surface area (Å²) in [5, 5.41) is 10.8. The third kappa shape index (κ3) is 2.92. The summed E-state index contributed by atoms with van der Waals surface area (Å²) in [7, 11) is 0. The van der Waals surface area contributed by atoms with Gasteiger partial charge in [0, 0.05) is 24.0 Å². The second-order valence-electron chi connectivity index (χ2n) is 4.04. The van der Waals surface area contributed by atoms with Crippen molar-refractivity contribution in [3.05, 3.63) is 70.0 Å². The Morgan fingerprint density at radius 3 is 2.50 bits per heavy atom. The molecular weight excluding hydrogens is 260 g/mol. The molecule has 0 aliphatic rings. The van der Waals surface area contributed by atoms with Crippen LogP contribution in [0, 0.1) is 10.1 Å². The first kappa shape index (κ1) is 13.5. The lowest BCUT2D eigenvalue weighted by molar-refractivity contribution is -0.385. The Morgan fingerprint density at radius 2 is 1.85 bits per heavy atom. The Kier molecular flexibility index (Phi) is 3.95. The fraction of sp³-hybridized carbons (Fsp3) is 0.0714. The summed E-state index contributed by atoms with van der Waals surface area (Å²) in [4.78, 5) is 37.9. The van der Waals surface area contributed by atoms with Gasteiger partial charge in [-0.3, -0.25) is 24.7 Å². The van der Waals surface area contributed by atoms with Gasteiger partial charge in [-0.25, -0.2) is 0 Å². The molecule has 1 heterocycles. The van der Waals surface area contributed by atoms with E-state index in [4.69, 9.17) is 0 Å². The Morgan fingerprint density at radius 1 is 1.10 bits per heavy atom. The van der Waals surface area contributed by atoms with Crippen LogP contribution in [0.15, 0.2) is 48.8 Å². The zero-order valence-electron chi connectivity index (χ0n) is 10.4. The van der Waals surface area contributed by atoms with Gasteiger partial charge in [0.25, 0.3) is 5.69 Å². The molecule has 1 aromatic carbocycles. The normalized spacial score (nSPS) is 10.0. The number of rotatable bonds is 5. The third-order valence-corrected chi connectivity index (χ3v) is 2.71. The number of carbonyl (C=O) groups excluding carboxylic acids is 2. The Labute approximate surface area is 114 Å². The summed E-state index contributed by atoms with van der Waals surface area (Å²) in [5.74, 6) is -0.993. The first-order valence-electron chi connectivity index (χ1n) is 5.79. The number of hydrogen-bond acceptors (Lipinski definition) is 5. The standard InChI is InChI=1S/C14H10N2O4/c17-13(10-4-3-7-15-9-10)8-14(18)11-5-1-2-6-12(11)16(19)20/h1-7,9H,8H2. The molecule has 2 rings (SSSR count). The van der Waals surface area contributed by atoms with Gasteiger partial charge in [0.05, 0.1) is 16.9 Å².